The van der Waals surface area contributed by atoms with Gasteiger partial charge in [0.25, 0.3) is 0 Å². The van der Waals surface area contributed by atoms with E-state index in [0.29, 0.717) is 19.3 Å². The molecule has 0 radical (unpaired) electrons. The Morgan fingerprint density at radius 3 is 0.754 bits per heavy atom. The number of carbonyl (C=O) groups is 3. The highest BCUT2D eigenvalue weighted by atomic mass is 16.6. The van der Waals surface area contributed by atoms with Gasteiger partial charge in [0.15, 0.2) is 6.10 Å². The first-order valence-electron chi connectivity index (χ1n) is 29.4. The summed E-state index contributed by atoms with van der Waals surface area (Å²) in [7, 11) is 0. The van der Waals surface area contributed by atoms with Crippen LogP contribution in [0.3, 0.4) is 0 Å². The van der Waals surface area contributed by atoms with Gasteiger partial charge in [-0.05, 0) is 25.2 Å². The topological polar surface area (TPSA) is 78.9 Å². The predicted molar refractivity (Wildman–Crippen MR) is 280 cm³/mol. The Labute approximate surface area is 406 Å². The van der Waals surface area contributed by atoms with Crippen LogP contribution in [0, 0.1) is 5.92 Å². The standard InChI is InChI=1S/C59H114O6/c1-5-7-9-11-13-15-17-18-19-20-21-22-23-27-31-35-39-43-47-51-58(61)64-54-56(53-63-57(60)50-46-42-38-34-29-16-14-12-10-8-6-2)65-59(62)52-48-44-40-36-32-28-25-24-26-30-33-37-41-45-49-55(3)4/h55-56H,5-54H2,1-4H3/t56-/m0/s1. The maximum Gasteiger partial charge on any atom is 0.306 e. The van der Waals surface area contributed by atoms with Crippen LogP contribution in [0.15, 0.2) is 0 Å². The largest absolute Gasteiger partial charge is 0.462 e. The van der Waals surface area contributed by atoms with Crippen molar-refractivity contribution in [2.75, 3.05) is 13.2 Å². The second-order valence-corrected chi connectivity index (χ2v) is 20.8. The van der Waals surface area contributed by atoms with E-state index >= 15 is 0 Å². The van der Waals surface area contributed by atoms with E-state index in [0.717, 1.165) is 63.7 Å². The third-order valence-electron chi connectivity index (χ3n) is 13.5. The maximum atomic E-state index is 12.8. The van der Waals surface area contributed by atoms with Gasteiger partial charge in [-0.25, -0.2) is 0 Å². The summed E-state index contributed by atoms with van der Waals surface area (Å²) in [5.74, 6) is 0.00781. The summed E-state index contributed by atoms with van der Waals surface area (Å²) in [6.45, 7) is 9.06. The fraction of sp³-hybridized carbons (Fsp3) is 0.949. The molecule has 0 fully saturated rings. The average molecular weight is 920 g/mol. The average Bonchev–Trinajstić information content (AvgIpc) is 3.29. The van der Waals surface area contributed by atoms with Crippen LogP contribution in [0.5, 0.6) is 0 Å². The zero-order valence-corrected chi connectivity index (χ0v) is 44.5. The molecule has 0 aliphatic heterocycles. The molecule has 0 saturated heterocycles. The first-order chi connectivity index (χ1) is 31.9. The molecular formula is C59H114O6. The molecule has 0 aromatic heterocycles. The molecule has 0 aromatic carbocycles. The Kier molecular flexibility index (Phi) is 52.1. The van der Waals surface area contributed by atoms with E-state index in [9.17, 15) is 14.4 Å². The van der Waals surface area contributed by atoms with E-state index in [1.165, 1.54) is 231 Å². The lowest BCUT2D eigenvalue weighted by Gasteiger charge is -2.18. The number of unbranched alkanes of at least 4 members (excludes halogenated alkanes) is 41. The number of hydrogen-bond donors (Lipinski definition) is 0. The Hall–Kier alpha value is -1.59. The fourth-order valence-electron chi connectivity index (χ4n) is 9.10. The fourth-order valence-corrected chi connectivity index (χ4v) is 9.10. The van der Waals surface area contributed by atoms with Crippen LogP contribution in [0.25, 0.3) is 0 Å². The van der Waals surface area contributed by atoms with E-state index < -0.39 is 6.10 Å². The van der Waals surface area contributed by atoms with Crippen molar-refractivity contribution in [3.8, 4) is 0 Å². The van der Waals surface area contributed by atoms with E-state index in [1.807, 2.05) is 0 Å². The van der Waals surface area contributed by atoms with Gasteiger partial charge in [-0.3, -0.25) is 14.4 Å². The lowest BCUT2D eigenvalue weighted by Crippen LogP contribution is -2.30. The molecule has 6 heteroatoms. The van der Waals surface area contributed by atoms with Crippen LogP contribution in [0.2, 0.25) is 0 Å². The quantitative estimate of drug-likeness (QED) is 0.0344. The van der Waals surface area contributed by atoms with E-state index in [2.05, 4.69) is 27.7 Å². The second kappa shape index (κ2) is 53.4. The van der Waals surface area contributed by atoms with Crippen molar-refractivity contribution >= 4 is 17.9 Å². The molecule has 0 rings (SSSR count). The van der Waals surface area contributed by atoms with Crippen LogP contribution in [0.1, 0.15) is 336 Å². The predicted octanol–water partition coefficient (Wildman–Crippen LogP) is 19.4. The molecule has 0 amide bonds. The molecular weight excluding hydrogens is 805 g/mol. The zero-order chi connectivity index (χ0) is 47.4. The first kappa shape index (κ1) is 63.4. The van der Waals surface area contributed by atoms with Gasteiger partial charge in [0.05, 0.1) is 0 Å². The molecule has 0 spiro atoms. The molecule has 0 unspecified atom stereocenters. The lowest BCUT2D eigenvalue weighted by atomic mass is 10.0. The molecule has 0 aromatic rings. The summed E-state index contributed by atoms with van der Waals surface area (Å²) < 4.78 is 16.9. The van der Waals surface area contributed by atoms with E-state index in [-0.39, 0.29) is 31.1 Å². The van der Waals surface area contributed by atoms with E-state index in [4.69, 9.17) is 14.2 Å². The summed E-state index contributed by atoms with van der Waals surface area (Å²) in [5, 5.41) is 0. The van der Waals surface area contributed by atoms with Gasteiger partial charge in [-0.15, -0.1) is 0 Å². The van der Waals surface area contributed by atoms with Crippen LogP contribution in [0.4, 0.5) is 0 Å². The van der Waals surface area contributed by atoms with Crippen molar-refractivity contribution in [3.05, 3.63) is 0 Å². The molecule has 0 heterocycles. The highest BCUT2D eigenvalue weighted by molar-refractivity contribution is 5.71. The molecule has 1 atom stereocenters. The molecule has 0 N–H and O–H groups in total. The summed E-state index contributed by atoms with van der Waals surface area (Å²) in [6, 6.07) is 0. The molecule has 386 valence electrons. The van der Waals surface area contributed by atoms with Gasteiger partial charge in [0.2, 0.25) is 0 Å². The molecule has 0 aliphatic rings. The van der Waals surface area contributed by atoms with Gasteiger partial charge in [-0.2, -0.15) is 0 Å². The normalized spacial score (nSPS) is 12.0. The maximum absolute atomic E-state index is 12.8. The highest BCUT2D eigenvalue weighted by Gasteiger charge is 2.19. The minimum absolute atomic E-state index is 0.0618. The van der Waals surface area contributed by atoms with Crippen LogP contribution in [-0.2, 0) is 28.6 Å². The summed E-state index contributed by atoms with van der Waals surface area (Å²) >= 11 is 0. The number of rotatable bonds is 54. The zero-order valence-electron chi connectivity index (χ0n) is 44.5. The number of ether oxygens (including phenoxy) is 3. The van der Waals surface area contributed by atoms with Gasteiger partial charge < -0.3 is 14.2 Å². The Morgan fingerprint density at radius 2 is 0.508 bits per heavy atom. The summed E-state index contributed by atoms with van der Waals surface area (Å²) in [4.78, 5) is 38.1. The third-order valence-corrected chi connectivity index (χ3v) is 13.5. The smallest absolute Gasteiger partial charge is 0.306 e. The van der Waals surface area contributed by atoms with Crippen LogP contribution in [-0.4, -0.2) is 37.2 Å². The van der Waals surface area contributed by atoms with Crippen molar-refractivity contribution in [2.24, 2.45) is 5.92 Å². The van der Waals surface area contributed by atoms with Gasteiger partial charge in [0, 0.05) is 19.3 Å². The lowest BCUT2D eigenvalue weighted by molar-refractivity contribution is -0.167. The minimum Gasteiger partial charge on any atom is -0.462 e. The molecule has 0 bridgehead atoms. The molecule has 6 nitrogen and oxygen atoms in total. The Balaban J connectivity index is 4.24. The summed E-state index contributed by atoms with van der Waals surface area (Å²) in [6.07, 6.45) is 58.1. The van der Waals surface area contributed by atoms with Crippen molar-refractivity contribution in [1.82, 2.24) is 0 Å². The van der Waals surface area contributed by atoms with Crippen molar-refractivity contribution < 1.29 is 28.6 Å². The van der Waals surface area contributed by atoms with Crippen LogP contribution >= 0.6 is 0 Å². The monoisotopic (exact) mass is 919 g/mol. The first-order valence-corrected chi connectivity index (χ1v) is 29.4. The second-order valence-electron chi connectivity index (χ2n) is 20.8. The minimum atomic E-state index is -0.761. The number of hydrogen-bond acceptors (Lipinski definition) is 6. The number of carbonyl (C=O) groups excluding carboxylic acids is 3. The Morgan fingerprint density at radius 1 is 0.292 bits per heavy atom. The highest BCUT2D eigenvalue weighted by Crippen LogP contribution is 2.18. The summed E-state index contributed by atoms with van der Waals surface area (Å²) in [5.41, 5.74) is 0. The SMILES string of the molecule is CCCCCCCCCCCCCCCCCCCCCC(=O)OC[C@H](COC(=O)CCCCCCCCCCCCC)OC(=O)CCCCCCCCCCCCCCCCC(C)C. The van der Waals surface area contributed by atoms with Gasteiger partial charge in [-0.1, -0.05) is 297 Å². The van der Waals surface area contributed by atoms with Gasteiger partial charge >= 0.3 is 17.9 Å². The van der Waals surface area contributed by atoms with Crippen LogP contribution < -0.4 is 0 Å². The Bertz CT molecular complexity index is 980. The number of esters is 3. The van der Waals surface area contributed by atoms with Gasteiger partial charge in [0.1, 0.15) is 13.2 Å². The molecule has 0 aliphatic carbocycles. The third kappa shape index (κ3) is 53.2. The molecule has 65 heavy (non-hydrogen) atoms. The van der Waals surface area contributed by atoms with E-state index in [1.54, 1.807) is 0 Å². The van der Waals surface area contributed by atoms with Crippen molar-refractivity contribution in [2.45, 2.75) is 342 Å². The van der Waals surface area contributed by atoms with Crippen molar-refractivity contribution in [3.63, 3.8) is 0 Å². The van der Waals surface area contributed by atoms with Crippen molar-refractivity contribution in [1.29, 1.82) is 0 Å². The molecule has 0 saturated carbocycles.